The first kappa shape index (κ1) is 20.0. The highest BCUT2D eigenvalue weighted by molar-refractivity contribution is 5.69. The van der Waals surface area contributed by atoms with E-state index in [1.807, 2.05) is 6.92 Å². The number of carbonyl (C=O) groups is 1. The van der Waals surface area contributed by atoms with Gasteiger partial charge in [0.2, 0.25) is 0 Å². The van der Waals surface area contributed by atoms with Crippen LogP contribution in [0.5, 0.6) is 0 Å². The second-order valence-electron chi connectivity index (χ2n) is 8.65. The molecule has 1 amide bonds. The zero-order valence-corrected chi connectivity index (χ0v) is 16.1. The van der Waals surface area contributed by atoms with E-state index in [0.29, 0.717) is 12.1 Å². The molecule has 0 aromatic carbocycles. The third-order valence-corrected chi connectivity index (χ3v) is 5.05. The summed E-state index contributed by atoms with van der Waals surface area (Å²) in [7, 11) is 0. The van der Waals surface area contributed by atoms with Crippen LogP contribution in [0.3, 0.4) is 0 Å². The second-order valence-corrected chi connectivity index (χ2v) is 8.65. The summed E-state index contributed by atoms with van der Waals surface area (Å²) >= 11 is 0. The van der Waals surface area contributed by atoms with Gasteiger partial charge >= 0.3 is 6.09 Å². The number of amides is 1. The van der Waals surface area contributed by atoms with Crippen molar-refractivity contribution in [3.05, 3.63) is 17.0 Å². The summed E-state index contributed by atoms with van der Waals surface area (Å²) in [4.78, 5) is 13.9. The minimum absolute atomic E-state index is 0.000832. The van der Waals surface area contributed by atoms with Crippen LogP contribution in [0.2, 0.25) is 0 Å². The number of hydrogen-bond acceptors (Lipinski definition) is 4. The maximum absolute atomic E-state index is 14.9. The third-order valence-electron chi connectivity index (χ3n) is 5.05. The van der Waals surface area contributed by atoms with Gasteiger partial charge in [0.25, 0.3) is 5.92 Å². The van der Waals surface area contributed by atoms with Gasteiger partial charge in [-0.1, -0.05) is 0 Å². The standard InChI is InChI=1S/C18H26F3N3O3/c1-11-7-13-12(8-23(11)15(25)27-16(2,3)4)14-18(20,21)9-17(26,10-19)5-6-24(14)22-13/h11,26H,5-10H2,1-4H3/t11-,17-/m1/s1. The number of halogens is 3. The van der Waals surface area contributed by atoms with Gasteiger partial charge in [-0.2, -0.15) is 13.9 Å². The van der Waals surface area contributed by atoms with E-state index in [1.165, 1.54) is 9.58 Å². The molecule has 3 heterocycles. The second kappa shape index (κ2) is 6.39. The molecule has 2 aliphatic rings. The fourth-order valence-electron chi connectivity index (χ4n) is 3.74. The Morgan fingerprint density at radius 3 is 2.67 bits per heavy atom. The molecule has 2 aliphatic heterocycles. The van der Waals surface area contributed by atoms with Crippen molar-refractivity contribution in [3.8, 4) is 0 Å². The molecule has 1 N–H and O–H groups in total. The van der Waals surface area contributed by atoms with Crippen molar-refractivity contribution in [1.29, 1.82) is 0 Å². The monoisotopic (exact) mass is 389 g/mol. The molecule has 9 heteroatoms. The molecule has 2 atom stereocenters. The zero-order valence-electron chi connectivity index (χ0n) is 16.1. The summed E-state index contributed by atoms with van der Waals surface area (Å²) in [5.74, 6) is -3.45. The quantitative estimate of drug-likeness (QED) is 0.801. The van der Waals surface area contributed by atoms with Crippen LogP contribution in [0.25, 0.3) is 0 Å². The first-order valence-corrected chi connectivity index (χ1v) is 9.10. The number of alkyl halides is 3. The highest BCUT2D eigenvalue weighted by Crippen LogP contribution is 2.44. The summed E-state index contributed by atoms with van der Waals surface area (Å²) in [6, 6.07) is -0.247. The summed E-state index contributed by atoms with van der Waals surface area (Å²) in [6.07, 6.45) is -1.38. The summed E-state index contributed by atoms with van der Waals surface area (Å²) < 4.78 is 49.6. The van der Waals surface area contributed by atoms with Crippen LogP contribution in [0.4, 0.5) is 18.0 Å². The molecule has 6 nitrogen and oxygen atoms in total. The molecule has 0 aliphatic carbocycles. The normalized spacial score (nSPS) is 27.6. The van der Waals surface area contributed by atoms with Crippen LogP contribution in [0.1, 0.15) is 57.5 Å². The van der Waals surface area contributed by atoms with Crippen LogP contribution in [-0.4, -0.2) is 49.8 Å². The number of rotatable bonds is 1. The van der Waals surface area contributed by atoms with Crippen molar-refractivity contribution >= 4 is 6.09 Å². The van der Waals surface area contributed by atoms with Gasteiger partial charge in [-0.3, -0.25) is 4.68 Å². The van der Waals surface area contributed by atoms with Gasteiger partial charge in [0, 0.05) is 31.0 Å². The van der Waals surface area contributed by atoms with E-state index in [1.54, 1.807) is 20.8 Å². The molecule has 1 aromatic rings. The Bertz CT molecular complexity index is 744. The molecule has 152 valence electrons. The Labute approximate surface area is 156 Å². The minimum atomic E-state index is -3.45. The smallest absolute Gasteiger partial charge is 0.410 e. The van der Waals surface area contributed by atoms with Gasteiger partial charge in [0.05, 0.1) is 12.2 Å². The molecule has 0 radical (unpaired) electrons. The Morgan fingerprint density at radius 1 is 1.41 bits per heavy atom. The number of ether oxygens (including phenoxy) is 1. The summed E-state index contributed by atoms with van der Waals surface area (Å²) in [5.41, 5.74) is -2.32. The molecule has 0 fully saturated rings. The van der Waals surface area contributed by atoms with Crippen LogP contribution >= 0.6 is 0 Å². The van der Waals surface area contributed by atoms with Gasteiger partial charge in [-0.25, -0.2) is 9.18 Å². The molecule has 0 saturated heterocycles. The first-order chi connectivity index (χ1) is 12.4. The minimum Gasteiger partial charge on any atom is -0.444 e. The van der Waals surface area contributed by atoms with Crippen molar-refractivity contribution in [1.82, 2.24) is 14.7 Å². The lowest BCUT2D eigenvalue weighted by Gasteiger charge is -2.35. The largest absolute Gasteiger partial charge is 0.444 e. The fraction of sp³-hybridized carbons (Fsp3) is 0.778. The topological polar surface area (TPSA) is 67.6 Å². The number of aromatic nitrogens is 2. The maximum Gasteiger partial charge on any atom is 0.410 e. The maximum atomic E-state index is 14.9. The van der Waals surface area contributed by atoms with E-state index in [4.69, 9.17) is 4.74 Å². The predicted octanol–water partition coefficient (Wildman–Crippen LogP) is 3.15. The number of aryl methyl sites for hydroxylation is 1. The van der Waals surface area contributed by atoms with E-state index >= 15 is 0 Å². The highest BCUT2D eigenvalue weighted by atomic mass is 19.3. The van der Waals surface area contributed by atoms with Crippen molar-refractivity contribution in [3.63, 3.8) is 0 Å². The number of aliphatic hydroxyl groups is 1. The molecular formula is C18H26F3N3O3. The van der Waals surface area contributed by atoms with Crippen molar-refractivity contribution in [2.75, 3.05) is 6.67 Å². The Kier molecular flexibility index (Phi) is 4.73. The average Bonchev–Trinajstić information content (AvgIpc) is 2.83. The lowest BCUT2D eigenvalue weighted by Crippen LogP contribution is -2.45. The number of nitrogens with zero attached hydrogens (tertiary/aromatic N) is 3. The Hall–Kier alpha value is -1.77. The van der Waals surface area contributed by atoms with Gasteiger partial charge in [-0.05, 0) is 34.1 Å². The van der Waals surface area contributed by atoms with E-state index < -0.39 is 36.3 Å². The van der Waals surface area contributed by atoms with Crippen LogP contribution in [0.15, 0.2) is 0 Å². The van der Waals surface area contributed by atoms with Crippen molar-refractivity contribution < 1.29 is 27.8 Å². The number of carbonyl (C=O) groups excluding carboxylic acids is 1. The third kappa shape index (κ3) is 3.79. The lowest BCUT2D eigenvalue weighted by atomic mass is 9.91. The molecule has 1 aromatic heterocycles. The average molecular weight is 389 g/mol. The molecule has 0 bridgehead atoms. The van der Waals surface area contributed by atoms with Gasteiger partial charge in [0.1, 0.15) is 23.6 Å². The van der Waals surface area contributed by atoms with Gasteiger partial charge in [-0.15, -0.1) is 0 Å². The van der Waals surface area contributed by atoms with Crippen LogP contribution in [-0.2, 0) is 30.2 Å². The molecule has 0 unspecified atom stereocenters. The van der Waals surface area contributed by atoms with Gasteiger partial charge in [0.15, 0.2) is 0 Å². The van der Waals surface area contributed by atoms with Crippen molar-refractivity contribution in [2.45, 2.75) is 83.2 Å². The van der Waals surface area contributed by atoms with E-state index in [9.17, 15) is 23.1 Å². The summed E-state index contributed by atoms with van der Waals surface area (Å²) in [6.45, 7) is 5.74. The Morgan fingerprint density at radius 2 is 2.07 bits per heavy atom. The highest BCUT2D eigenvalue weighted by Gasteiger charge is 2.50. The van der Waals surface area contributed by atoms with E-state index in [2.05, 4.69) is 5.10 Å². The summed E-state index contributed by atoms with van der Waals surface area (Å²) in [5, 5.41) is 14.4. The predicted molar refractivity (Wildman–Crippen MR) is 91.2 cm³/mol. The number of fused-ring (bicyclic) bond motifs is 3. The molecule has 0 spiro atoms. The Balaban J connectivity index is 1.96. The van der Waals surface area contributed by atoms with Crippen molar-refractivity contribution in [2.24, 2.45) is 0 Å². The number of hydrogen-bond donors (Lipinski definition) is 1. The fourth-order valence-corrected chi connectivity index (χ4v) is 3.74. The lowest BCUT2D eigenvalue weighted by molar-refractivity contribution is -0.102. The molecular weight excluding hydrogens is 363 g/mol. The first-order valence-electron chi connectivity index (χ1n) is 9.10. The van der Waals surface area contributed by atoms with Crippen LogP contribution < -0.4 is 0 Å². The van der Waals surface area contributed by atoms with E-state index in [-0.39, 0.29) is 36.8 Å². The molecule has 27 heavy (non-hydrogen) atoms. The van der Waals surface area contributed by atoms with Gasteiger partial charge < -0.3 is 14.7 Å². The molecule has 3 rings (SSSR count). The zero-order chi connectivity index (χ0) is 20.2. The van der Waals surface area contributed by atoms with E-state index in [0.717, 1.165) is 0 Å². The SMILES string of the molecule is C[C@@H]1Cc2nn3c(c2CN1C(=O)OC(C)(C)C)C(F)(F)C[C@@](O)(CF)CC3. The molecule has 0 saturated carbocycles. The van der Waals surface area contributed by atoms with Crippen LogP contribution in [0, 0.1) is 0 Å².